The van der Waals surface area contributed by atoms with Crippen LogP contribution < -0.4 is 4.74 Å². The van der Waals surface area contributed by atoms with E-state index in [0.717, 1.165) is 31.5 Å². The van der Waals surface area contributed by atoms with Crippen molar-refractivity contribution < 1.29 is 22.7 Å². The molecule has 2 aliphatic rings. The molecule has 0 unspecified atom stereocenters. The molecule has 2 aromatic rings. The van der Waals surface area contributed by atoms with E-state index in [1.54, 1.807) is 18.2 Å². The number of carbonyl (C=O) groups is 1. The molecule has 1 atom stereocenters. The summed E-state index contributed by atoms with van der Waals surface area (Å²) in [5.41, 5.74) is 1.11. The largest absolute Gasteiger partial charge is 0.491 e. The van der Waals surface area contributed by atoms with E-state index < -0.39 is 11.7 Å². The molecule has 3 nitrogen and oxygen atoms in total. The van der Waals surface area contributed by atoms with Crippen molar-refractivity contribution in [2.24, 2.45) is 0 Å². The van der Waals surface area contributed by atoms with Crippen LogP contribution in [0.4, 0.5) is 13.2 Å². The summed E-state index contributed by atoms with van der Waals surface area (Å²) in [6.07, 6.45) is -2.46. The van der Waals surface area contributed by atoms with Crippen molar-refractivity contribution in [3.63, 3.8) is 0 Å². The first-order valence-electron chi connectivity index (χ1n) is 8.19. The molecule has 0 spiro atoms. The fraction of sp³-hybridized carbons (Fsp3) is 0.316. The van der Waals surface area contributed by atoms with Crippen molar-refractivity contribution >= 4 is 5.91 Å². The fourth-order valence-corrected chi connectivity index (χ4v) is 3.47. The number of carbonyl (C=O) groups excluding carboxylic acids is 1. The van der Waals surface area contributed by atoms with Crippen LogP contribution in [0.3, 0.4) is 0 Å². The first kappa shape index (κ1) is 16.0. The van der Waals surface area contributed by atoms with Gasteiger partial charge in [-0.3, -0.25) is 4.79 Å². The van der Waals surface area contributed by atoms with Crippen LogP contribution in [0, 0.1) is 0 Å². The molecule has 1 amide bonds. The van der Waals surface area contributed by atoms with Gasteiger partial charge in [-0.2, -0.15) is 13.2 Å². The zero-order valence-corrected chi connectivity index (χ0v) is 13.3. The van der Waals surface area contributed by atoms with Gasteiger partial charge in [0.25, 0.3) is 5.91 Å². The topological polar surface area (TPSA) is 29.5 Å². The van der Waals surface area contributed by atoms with Crippen molar-refractivity contribution in [2.75, 3.05) is 13.2 Å². The quantitative estimate of drug-likeness (QED) is 0.767. The Balaban J connectivity index is 1.69. The highest BCUT2D eigenvalue weighted by molar-refractivity contribution is 5.99. The van der Waals surface area contributed by atoms with Crippen LogP contribution in [0.5, 0.6) is 5.75 Å². The first-order valence-corrected chi connectivity index (χ1v) is 8.19. The molecule has 2 aliphatic heterocycles. The lowest BCUT2D eigenvalue weighted by Gasteiger charge is -2.20. The van der Waals surface area contributed by atoms with Crippen LogP contribution in [0.1, 0.15) is 28.8 Å². The van der Waals surface area contributed by atoms with Gasteiger partial charge in [0.15, 0.2) is 0 Å². The summed E-state index contributed by atoms with van der Waals surface area (Å²) in [6, 6.07) is 10.3. The lowest BCUT2D eigenvalue weighted by molar-refractivity contribution is -0.137. The Hall–Kier alpha value is -2.50. The third-order valence-electron chi connectivity index (χ3n) is 4.82. The number of alkyl halides is 3. The monoisotopic (exact) mass is 347 g/mol. The molecule has 25 heavy (non-hydrogen) atoms. The zero-order valence-electron chi connectivity index (χ0n) is 13.3. The molecule has 1 saturated heterocycles. The number of ether oxygens (including phenoxy) is 1. The average molecular weight is 347 g/mol. The van der Waals surface area contributed by atoms with E-state index in [-0.39, 0.29) is 11.9 Å². The van der Waals surface area contributed by atoms with E-state index in [9.17, 15) is 18.0 Å². The Kier molecular flexibility index (Phi) is 3.71. The smallest absolute Gasteiger partial charge is 0.416 e. The van der Waals surface area contributed by atoms with Gasteiger partial charge >= 0.3 is 6.18 Å². The molecule has 0 radical (unpaired) electrons. The summed E-state index contributed by atoms with van der Waals surface area (Å²) in [5.74, 6) is 0.471. The van der Waals surface area contributed by atoms with Gasteiger partial charge in [0.05, 0.1) is 17.2 Å². The van der Waals surface area contributed by atoms with Gasteiger partial charge in [-0.25, -0.2) is 0 Å². The summed E-state index contributed by atoms with van der Waals surface area (Å²) < 4.78 is 43.9. The molecule has 2 heterocycles. The van der Waals surface area contributed by atoms with E-state index in [4.69, 9.17) is 4.74 Å². The summed E-state index contributed by atoms with van der Waals surface area (Å²) in [7, 11) is 0. The molecular weight excluding hydrogens is 331 g/mol. The van der Waals surface area contributed by atoms with Gasteiger partial charge in [-0.05, 0) is 48.2 Å². The Bertz CT molecular complexity index is 814. The number of rotatable bonds is 1. The van der Waals surface area contributed by atoms with E-state index in [0.29, 0.717) is 29.0 Å². The third kappa shape index (κ3) is 2.86. The maximum absolute atomic E-state index is 12.8. The molecule has 4 rings (SSSR count). The van der Waals surface area contributed by atoms with Crippen molar-refractivity contribution in [1.29, 1.82) is 0 Å². The van der Waals surface area contributed by atoms with E-state index in [1.165, 1.54) is 12.1 Å². The number of fused-ring (bicyclic) bond motifs is 2. The van der Waals surface area contributed by atoms with Crippen molar-refractivity contribution in [2.45, 2.75) is 25.1 Å². The van der Waals surface area contributed by atoms with Crippen molar-refractivity contribution in [3.05, 3.63) is 53.6 Å². The minimum Gasteiger partial charge on any atom is -0.491 e. The second-order valence-electron chi connectivity index (χ2n) is 6.39. The molecule has 0 aliphatic carbocycles. The predicted octanol–water partition coefficient (Wildman–Crippen LogP) is 4.37. The zero-order chi connectivity index (χ0) is 17.6. The number of halogens is 3. The van der Waals surface area contributed by atoms with Gasteiger partial charge in [-0.1, -0.05) is 18.2 Å². The minimum atomic E-state index is -4.36. The number of benzene rings is 2. The van der Waals surface area contributed by atoms with E-state index in [2.05, 4.69) is 0 Å². The number of hydrogen-bond acceptors (Lipinski definition) is 2. The highest BCUT2D eigenvalue weighted by atomic mass is 19.4. The SMILES string of the molecule is O=C1c2cc(-c3ccc(C(F)(F)F)cc3)ccc2OC[C@@H]2CCCN12. The van der Waals surface area contributed by atoms with Crippen LogP contribution in [0.2, 0.25) is 0 Å². The lowest BCUT2D eigenvalue weighted by atomic mass is 10.0. The Morgan fingerprint density at radius 1 is 1.04 bits per heavy atom. The Morgan fingerprint density at radius 2 is 1.76 bits per heavy atom. The van der Waals surface area contributed by atoms with Gasteiger partial charge in [0.2, 0.25) is 0 Å². The normalized spacial score (nSPS) is 19.9. The second kappa shape index (κ2) is 5.79. The highest BCUT2D eigenvalue weighted by Gasteiger charge is 2.34. The fourth-order valence-electron chi connectivity index (χ4n) is 3.47. The maximum Gasteiger partial charge on any atom is 0.416 e. The maximum atomic E-state index is 12.8. The molecule has 6 heteroatoms. The van der Waals surface area contributed by atoms with Crippen LogP contribution in [-0.2, 0) is 6.18 Å². The molecular formula is C19H16F3NO2. The number of amides is 1. The molecule has 0 aromatic heterocycles. The van der Waals surface area contributed by atoms with Crippen LogP contribution in [-0.4, -0.2) is 30.0 Å². The van der Waals surface area contributed by atoms with Gasteiger partial charge in [0.1, 0.15) is 12.4 Å². The molecule has 0 N–H and O–H groups in total. The molecule has 1 fully saturated rings. The predicted molar refractivity (Wildman–Crippen MR) is 86.4 cm³/mol. The van der Waals surface area contributed by atoms with Gasteiger partial charge in [0, 0.05) is 6.54 Å². The summed E-state index contributed by atoms with van der Waals surface area (Å²) in [4.78, 5) is 14.6. The standard InChI is InChI=1S/C19H16F3NO2/c20-19(21,22)14-6-3-12(4-7-14)13-5-8-17-16(10-13)18(24)23-9-1-2-15(23)11-25-17/h3-8,10,15H,1-2,9,11H2/t15-/m0/s1. The lowest BCUT2D eigenvalue weighted by Crippen LogP contribution is -2.36. The first-order chi connectivity index (χ1) is 11.9. The molecule has 0 saturated carbocycles. The number of nitrogens with zero attached hydrogens (tertiary/aromatic N) is 1. The molecule has 2 aromatic carbocycles. The van der Waals surface area contributed by atoms with Crippen LogP contribution in [0.15, 0.2) is 42.5 Å². The molecule has 130 valence electrons. The van der Waals surface area contributed by atoms with Crippen LogP contribution in [0.25, 0.3) is 11.1 Å². The summed E-state index contributed by atoms with van der Waals surface area (Å²) >= 11 is 0. The Morgan fingerprint density at radius 3 is 2.48 bits per heavy atom. The Labute approximate surface area is 143 Å². The van der Waals surface area contributed by atoms with Crippen LogP contribution >= 0.6 is 0 Å². The molecule has 0 bridgehead atoms. The third-order valence-corrected chi connectivity index (χ3v) is 4.82. The second-order valence-corrected chi connectivity index (χ2v) is 6.39. The van der Waals surface area contributed by atoms with E-state index in [1.807, 2.05) is 4.90 Å². The van der Waals surface area contributed by atoms with E-state index >= 15 is 0 Å². The summed E-state index contributed by atoms with van der Waals surface area (Å²) in [6.45, 7) is 1.20. The summed E-state index contributed by atoms with van der Waals surface area (Å²) in [5, 5.41) is 0. The minimum absolute atomic E-state index is 0.0660. The van der Waals surface area contributed by atoms with Crippen molar-refractivity contribution in [1.82, 2.24) is 4.90 Å². The van der Waals surface area contributed by atoms with Gasteiger partial charge in [-0.15, -0.1) is 0 Å². The number of hydrogen-bond donors (Lipinski definition) is 0. The van der Waals surface area contributed by atoms with Gasteiger partial charge < -0.3 is 9.64 Å². The highest BCUT2D eigenvalue weighted by Crippen LogP contribution is 2.34. The van der Waals surface area contributed by atoms with Crippen molar-refractivity contribution in [3.8, 4) is 16.9 Å². The average Bonchev–Trinajstić information content (AvgIpc) is 3.02.